The first-order chi connectivity index (χ1) is 9.20. The summed E-state index contributed by atoms with van der Waals surface area (Å²) in [5.74, 6) is -1.81. The van der Waals surface area contributed by atoms with Crippen LogP contribution in [-0.4, -0.2) is 45.1 Å². The third kappa shape index (κ3) is 5.00. The lowest BCUT2D eigenvalue weighted by Gasteiger charge is -2.21. The molecule has 0 aliphatic carbocycles. The molecule has 1 aromatic rings. The van der Waals surface area contributed by atoms with Gasteiger partial charge in [-0.15, -0.1) is 0 Å². The molecule has 0 amide bonds. The van der Waals surface area contributed by atoms with Gasteiger partial charge in [-0.3, -0.25) is 0 Å². The van der Waals surface area contributed by atoms with E-state index < -0.39 is 21.6 Å². The lowest BCUT2D eigenvalue weighted by molar-refractivity contribution is -0.131. The van der Waals surface area contributed by atoms with Gasteiger partial charge in [-0.2, -0.15) is 0 Å². The molecule has 1 aromatic carbocycles. The zero-order valence-electron chi connectivity index (χ0n) is 11.2. The highest BCUT2D eigenvalue weighted by atomic mass is 32.2. The summed E-state index contributed by atoms with van der Waals surface area (Å²) in [7, 11) is -1.50. The third-order valence-corrected chi connectivity index (χ3v) is 3.56. The molecule has 1 rings (SSSR count). The van der Waals surface area contributed by atoms with E-state index >= 15 is 0 Å². The number of carboxylic acids is 1. The summed E-state index contributed by atoms with van der Waals surface area (Å²) in [6.45, 7) is 0.191. The molecule has 1 N–H and O–H groups in total. The van der Waals surface area contributed by atoms with Crippen molar-refractivity contribution in [2.45, 2.75) is 0 Å². The summed E-state index contributed by atoms with van der Waals surface area (Å²) in [5, 5.41) is 8.60. The average molecular weight is 301 g/mol. The second-order valence-electron chi connectivity index (χ2n) is 4.40. The summed E-state index contributed by atoms with van der Waals surface area (Å²) < 4.78 is 36.0. The highest BCUT2D eigenvalue weighted by Gasteiger charge is 2.12. The van der Waals surface area contributed by atoms with E-state index in [1.165, 1.54) is 12.1 Å². The van der Waals surface area contributed by atoms with E-state index in [0.717, 1.165) is 18.4 Å². The standard InChI is InChI=1S/C13H16FNO4S/c1-15(8-9-20(2,18)19)12-5-3-4-11(14)10(12)6-7-13(16)17/h3-7H,8-9H2,1-2H3,(H,16,17)/b7-6+. The van der Waals surface area contributed by atoms with Crippen molar-refractivity contribution in [2.24, 2.45) is 0 Å². The van der Waals surface area contributed by atoms with Crippen molar-refractivity contribution in [1.29, 1.82) is 0 Å². The van der Waals surface area contributed by atoms with E-state index in [2.05, 4.69) is 0 Å². The number of hydrogen-bond acceptors (Lipinski definition) is 4. The van der Waals surface area contributed by atoms with Crippen LogP contribution in [0.2, 0.25) is 0 Å². The van der Waals surface area contributed by atoms with Crippen molar-refractivity contribution >= 4 is 27.6 Å². The molecule has 20 heavy (non-hydrogen) atoms. The number of aliphatic carboxylic acids is 1. The van der Waals surface area contributed by atoms with Crippen molar-refractivity contribution in [3.05, 3.63) is 35.7 Å². The van der Waals surface area contributed by atoms with Crippen LogP contribution in [-0.2, 0) is 14.6 Å². The Morgan fingerprint density at radius 3 is 2.65 bits per heavy atom. The Labute approximate surface area is 117 Å². The van der Waals surface area contributed by atoms with Crippen molar-refractivity contribution in [3.8, 4) is 0 Å². The maximum Gasteiger partial charge on any atom is 0.328 e. The molecule has 0 spiro atoms. The summed E-state index contributed by atoms with van der Waals surface area (Å²) in [6.07, 6.45) is 3.12. The van der Waals surface area contributed by atoms with Crippen LogP contribution in [0.5, 0.6) is 0 Å². The molecule has 0 radical (unpaired) electrons. The number of anilines is 1. The number of sulfone groups is 1. The van der Waals surface area contributed by atoms with Gasteiger partial charge >= 0.3 is 5.97 Å². The van der Waals surface area contributed by atoms with Crippen molar-refractivity contribution in [2.75, 3.05) is 30.5 Å². The number of benzene rings is 1. The van der Waals surface area contributed by atoms with E-state index in [9.17, 15) is 17.6 Å². The van der Waals surface area contributed by atoms with Gasteiger partial charge in [0.2, 0.25) is 0 Å². The number of halogens is 1. The van der Waals surface area contributed by atoms with Crippen LogP contribution in [0.4, 0.5) is 10.1 Å². The molecule has 0 heterocycles. The molecule has 0 atom stereocenters. The first kappa shape index (κ1) is 16.2. The van der Waals surface area contributed by atoms with E-state index in [-0.39, 0.29) is 17.9 Å². The van der Waals surface area contributed by atoms with Gasteiger partial charge in [-0.25, -0.2) is 17.6 Å². The lowest BCUT2D eigenvalue weighted by Crippen LogP contribution is -2.25. The van der Waals surface area contributed by atoms with Crippen molar-refractivity contribution in [3.63, 3.8) is 0 Å². The quantitative estimate of drug-likeness (QED) is 0.804. The van der Waals surface area contributed by atoms with Crippen LogP contribution in [0, 0.1) is 5.82 Å². The second kappa shape index (κ2) is 6.51. The van der Waals surface area contributed by atoms with Gasteiger partial charge in [-0.05, 0) is 18.2 Å². The molecule has 0 saturated carbocycles. The first-order valence-electron chi connectivity index (χ1n) is 5.79. The maximum atomic E-state index is 13.7. The molecule has 0 saturated heterocycles. The third-order valence-electron chi connectivity index (χ3n) is 2.63. The lowest BCUT2D eigenvalue weighted by atomic mass is 10.1. The molecule has 0 bridgehead atoms. The fourth-order valence-corrected chi connectivity index (χ4v) is 2.21. The van der Waals surface area contributed by atoms with Gasteiger partial charge in [0.05, 0.1) is 5.75 Å². The highest BCUT2D eigenvalue weighted by Crippen LogP contribution is 2.23. The van der Waals surface area contributed by atoms with Crippen LogP contribution < -0.4 is 4.90 Å². The Morgan fingerprint density at radius 1 is 1.45 bits per heavy atom. The minimum Gasteiger partial charge on any atom is -0.478 e. The Bertz CT molecular complexity index is 625. The van der Waals surface area contributed by atoms with Crippen LogP contribution in [0.3, 0.4) is 0 Å². The fourth-order valence-electron chi connectivity index (χ4n) is 1.60. The average Bonchev–Trinajstić information content (AvgIpc) is 2.33. The number of rotatable bonds is 6. The predicted octanol–water partition coefficient (Wildman–Crippen LogP) is 1.40. The van der Waals surface area contributed by atoms with E-state index in [0.29, 0.717) is 5.69 Å². The Morgan fingerprint density at radius 2 is 2.10 bits per heavy atom. The van der Waals surface area contributed by atoms with E-state index in [1.54, 1.807) is 18.0 Å². The monoisotopic (exact) mass is 301 g/mol. The largest absolute Gasteiger partial charge is 0.478 e. The van der Waals surface area contributed by atoms with Crippen molar-refractivity contribution in [1.82, 2.24) is 0 Å². The highest BCUT2D eigenvalue weighted by molar-refractivity contribution is 7.90. The normalized spacial score (nSPS) is 11.8. The molecule has 7 heteroatoms. The molecule has 0 aromatic heterocycles. The topological polar surface area (TPSA) is 74.7 Å². The molecule has 0 aliphatic heterocycles. The van der Waals surface area contributed by atoms with Crippen LogP contribution >= 0.6 is 0 Å². The smallest absolute Gasteiger partial charge is 0.328 e. The van der Waals surface area contributed by atoms with Crippen molar-refractivity contribution < 1.29 is 22.7 Å². The van der Waals surface area contributed by atoms with E-state index in [1.807, 2.05) is 0 Å². The fraction of sp³-hybridized carbons (Fsp3) is 0.308. The molecule has 0 fully saturated rings. The molecule has 110 valence electrons. The number of carbonyl (C=O) groups is 1. The molecule has 5 nitrogen and oxygen atoms in total. The van der Waals surface area contributed by atoms with Gasteiger partial charge in [0.1, 0.15) is 15.7 Å². The first-order valence-corrected chi connectivity index (χ1v) is 7.85. The summed E-state index contributed by atoms with van der Waals surface area (Å²) in [4.78, 5) is 12.1. The number of hydrogen-bond donors (Lipinski definition) is 1. The zero-order chi connectivity index (χ0) is 15.3. The van der Waals surface area contributed by atoms with Crippen LogP contribution in [0.25, 0.3) is 6.08 Å². The van der Waals surface area contributed by atoms with E-state index in [4.69, 9.17) is 5.11 Å². The predicted molar refractivity (Wildman–Crippen MR) is 76.1 cm³/mol. The molecular formula is C13H16FNO4S. The minimum atomic E-state index is -3.12. The Hall–Kier alpha value is -1.89. The van der Waals surface area contributed by atoms with Crippen LogP contribution in [0.1, 0.15) is 5.56 Å². The second-order valence-corrected chi connectivity index (χ2v) is 6.66. The molecular weight excluding hydrogens is 285 g/mol. The van der Waals surface area contributed by atoms with Gasteiger partial charge in [0.15, 0.2) is 0 Å². The zero-order valence-corrected chi connectivity index (χ0v) is 12.0. The molecule has 0 unspecified atom stereocenters. The maximum absolute atomic E-state index is 13.7. The van der Waals surface area contributed by atoms with Gasteiger partial charge in [-0.1, -0.05) is 6.07 Å². The van der Waals surface area contributed by atoms with Gasteiger partial charge in [0, 0.05) is 37.2 Å². The summed E-state index contributed by atoms with van der Waals surface area (Å²) in [6, 6.07) is 4.31. The van der Waals surface area contributed by atoms with Gasteiger partial charge in [0.25, 0.3) is 0 Å². The Balaban J connectivity index is 3.05. The van der Waals surface area contributed by atoms with Crippen LogP contribution in [0.15, 0.2) is 24.3 Å². The summed E-state index contributed by atoms with van der Waals surface area (Å²) >= 11 is 0. The number of carboxylic acid groups (broad SMARTS) is 1. The summed E-state index contributed by atoms with van der Waals surface area (Å²) in [5.41, 5.74) is 0.553. The SMILES string of the molecule is CN(CCS(C)(=O)=O)c1cccc(F)c1/C=C/C(=O)O. The molecule has 0 aliphatic rings. The minimum absolute atomic E-state index is 0.0674. The Kier molecular flexibility index (Phi) is 5.26. The van der Waals surface area contributed by atoms with Gasteiger partial charge < -0.3 is 10.0 Å². The number of nitrogens with zero attached hydrogens (tertiary/aromatic N) is 1.